The van der Waals surface area contributed by atoms with Crippen molar-refractivity contribution in [2.45, 2.75) is 232 Å². The van der Waals surface area contributed by atoms with E-state index in [4.69, 9.17) is 14.3 Å². The number of nitrogens with one attached hydrogen (secondary N) is 3. The average Bonchev–Trinajstić information content (AvgIpc) is 4.08. The normalized spacial score (nSPS) is 26.1. The van der Waals surface area contributed by atoms with Gasteiger partial charge in [-0.15, -0.1) is 0 Å². The second-order valence-electron chi connectivity index (χ2n) is 24.1. The maximum atomic E-state index is 13.1. The second kappa shape index (κ2) is 28.3. The Morgan fingerprint density at radius 1 is 0.617 bits per heavy atom. The van der Waals surface area contributed by atoms with Crippen LogP contribution >= 0.6 is 0 Å². The lowest BCUT2D eigenvalue weighted by molar-refractivity contribution is -0.176. The first kappa shape index (κ1) is 71.8. The number of amides is 7. The smallest absolute Gasteiger partial charge is 0.446 e. The van der Waals surface area contributed by atoms with Crippen LogP contribution in [0.4, 0.5) is 22.8 Å². The summed E-state index contributed by atoms with van der Waals surface area (Å²) in [5, 5.41) is 47.9. The van der Waals surface area contributed by atoms with E-state index in [0.717, 1.165) is 50.0 Å². The zero-order valence-electron chi connectivity index (χ0n) is 46.5. The van der Waals surface area contributed by atoms with Crippen LogP contribution in [0.1, 0.15) is 162 Å². The number of carboxylic acids is 1. The zero-order chi connectivity index (χ0) is 58.5. The molecule has 0 radical (unpaired) electrons. The molecule has 6 saturated heterocycles. The topological polar surface area (TPSA) is 305 Å². The summed E-state index contributed by atoms with van der Waals surface area (Å²) in [4.78, 5) is 115. The van der Waals surface area contributed by atoms with Gasteiger partial charge in [-0.05, 0) is 145 Å². The van der Waals surface area contributed by atoms with Crippen LogP contribution in [-0.4, -0.2) is 222 Å². The summed E-state index contributed by atoms with van der Waals surface area (Å²) < 4.78 is 42.1. The van der Waals surface area contributed by atoms with Crippen molar-refractivity contribution >= 4 is 54.0 Å². The van der Waals surface area contributed by atoms with Gasteiger partial charge in [0.25, 0.3) is 11.8 Å². The van der Waals surface area contributed by atoms with Gasteiger partial charge < -0.3 is 60.5 Å². The minimum atomic E-state index is -4.64. The Kier molecular flexibility index (Phi) is 25.1. The van der Waals surface area contributed by atoms with E-state index in [9.17, 15) is 72.0 Å². The SMILES string of the molecule is C.C.C.C[C@@H](O)[C@@H](C(=O)NCC1CCC1)N1CC2(CCCN2)C1=O.C[C@@H](O)[C@@H](C(=O)NCC1CCC1)N1CC2(CCCN2C(=O)OC(C)(C)C)C1=O.C[C@@H](O)[C@@H](C(=O)O)N1CC2(CCCN2C(=O)OC(C)(C)C)C1=O.O=CC(F)(F)F. The van der Waals surface area contributed by atoms with Crippen molar-refractivity contribution in [3.05, 3.63) is 0 Å². The maximum absolute atomic E-state index is 13.1. The van der Waals surface area contributed by atoms with E-state index in [0.29, 0.717) is 70.2 Å². The number of halogens is 3. The van der Waals surface area contributed by atoms with E-state index in [2.05, 4.69) is 16.0 Å². The zero-order valence-corrected chi connectivity index (χ0v) is 46.5. The van der Waals surface area contributed by atoms with Crippen LogP contribution in [0.3, 0.4) is 0 Å². The van der Waals surface area contributed by atoms with Gasteiger partial charge >= 0.3 is 24.3 Å². The molecule has 7 N–H and O–H groups in total. The fraction of sp³-hybridized carbons (Fsp3) is 0.836. The Labute approximate surface area is 475 Å². The number of carboxylic acid groups (broad SMARTS) is 1. The quantitative estimate of drug-likeness (QED) is 0.101. The number of β-lactam (4-membered cyclic amide) rings is 3. The molecule has 0 aromatic heterocycles. The Hall–Kier alpha value is -5.34. The molecule has 81 heavy (non-hydrogen) atoms. The molecule has 3 spiro atoms. The van der Waals surface area contributed by atoms with Gasteiger partial charge in [0.2, 0.25) is 24.0 Å². The number of nitrogens with zero attached hydrogens (tertiary/aromatic N) is 5. The van der Waals surface area contributed by atoms with Crippen molar-refractivity contribution in [3.8, 4) is 0 Å². The van der Waals surface area contributed by atoms with Gasteiger partial charge in [0, 0.05) is 32.7 Å². The number of hydrogen-bond acceptors (Lipinski definition) is 15. The lowest BCUT2D eigenvalue weighted by Gasteiger charge is -2.53. The van der Waals surface area contributed by atoms with E-state index in [1.165, 1.54) is 46.3 Å². The van der Waals surface area contributed by atoms with Gasteiger partial charge in [-0.3, -0.25) is 38.6 Å². The van der Waals surface area contributed by atoms with Crippen LogP contribution in [0.2, 0.25) is 0 Å². The van der Waals surface area contributed by atoms with Crippen LogP contribution in [0.5, 0.6) is 0 Å². The molecule has 23 nitrogen and oxygen atoms in total. The molecule has 2 saturated carbocycles. The summed E-state index contributed by atoms with van der Waals surface area (Å²) in [5.41, 5.74) is -3.73. The summed E-state index contributed by atoms with van der Waals surface area (Å²) in [6.07, 6.45) is 1.40. The molecule has 3 unspecified atom stereocenters. The molecule has 8 aliphatic rings. The van der Waals surface area contributed by atoms with Crippen molar-refractivity contribution in [1.82, 2.24) is 40.4 Å². The number of aliphatic hydroxyl groups excluding tert-OH is 3. The second-order valence-corrected chi connectivity index (χ2v) is 24.1. The molecule has 2 aliphatic carbocycles. The first-order chi connectivity index (χ1) is 36.1. The van der Waals surface area contributed by atoms with Gasteiger partial charge in [-0.25, -0.2) is 14.4 Å². The van der Waals surface area contributed by atoms with Gasteiger partial charge in [0.05, 0.1) is 31.4 Å². The minimum Gasteiger partial charge on any atom is -0.480 e. The van der Waals surface area contributed by atoms with Gasteiger partial charge in [0.15, 0.2) is 6.04 Å². The molecule has 9 atom stereocenters. The molecule has 8 rings (SSSR count). The van der Waals surface area contributed by atoms with Gasteiger partial charge in [0.1, 0.15) is 39.9 Å². The number of alkyl halides is 3. The Morgan fingerprint density at radius 3 is 1.23 bits per heavy atom. The number of likely N-dealkylation sites (tertiary alicyclic amines) is 5. The molecule has 0 bridgehead atoms. The number of aliphatic hydroxyl groups is 3. The number of rotatable bonds is 13. The standard InChI is InChI=1S/C20H33N3O5.C15H25N3O3.C15H24N2O6.C2HF3O.3CH4/c1-13(24)15(16(25)21-11-14-7-5-8-14)22-12-20(17(22)26)9-6-10-23(20)18(27)28-19(2,3)4;1-10(19)12(13(20)16-8-11-4-2-5-11)18-9-15(14(18)21)6-3-7-17-15;1-9(18)10(11(19)20)16-8-15(12(16)21)6-5-7-17(15)13(22)23-14(2,3)4;3-2(4,5)1-6;;;/h13-15,24H,5-12H2,1-4H3,(H,21,25);10-12,17,19H,2-9H2,1H3,(H,16,20);9-10,18H,5-8H2,1-4H3,(H,19,20);1H;3*1H4/t13-,15+,20?;10-,12+,15?;9-,10+,15?;;;;/m111..../s1. The third-order valence-electron chi connectivity index (χ3n) is 15.6. The average molecular weight is 1170 g/mol. The molecule has 466 valence electrons. The summed E-state index contributed by atoms with van der Waals surface area (Å²) in [7, 11) is 0. The van der Waals surface area contributed by atoms with Gasteiger partial charge in [-0.2, -0.15) is 13.2 Å². The highest BCUT2D eigenvalue weighted by Gasteiger charge is 2.65. The summed E-state index contributed by atoms with van der Waals surface area (Å²) in [6.45, 7) is 18.9. The van der Waals surface area contributed by atoms with Gasteiger partial charge in [-0.1, -0.05) is 35.1 Å². The van der Waals surface area contributed by atoms with Crippen molar-refractivity contribution in [2.75, 3.05) is 52.4 Å². The van der Waals surface area contributed by atoms with Crippen molar-refractivity contribution in [2.24, 2.45) is 11.8 Å². The van der Waals surface area contributed by atoms with E-state index in [-0.39, 0.29) is 59.0 Å². The van der Waals surface area contributed by atoms with Crippen LogP contribution in [0, 0.1) is 11.8 Å². The first-order valence-corrected chi connectivity index (χ1v) is 27.2. The number of carbonyl (C=O) groups excluding carboxylic acids is 8. The fourth-order valence-electron chi connectivity index (χ4n) is 11.2. The number of aliphatic carboxylic acids is 1. The molecule has 0 aromatic carbocycles. The molecule has 6 aliphatic heterocycles. The van der Waals surface area contributed by atoms with Crippen LogP contribution < -0.4 is 16.0 Å². The number of hydrogen-bond donors (Lipinski definition) is 7. The van der Waals surface area contributed by atoms with E-state index in [1.54, 1.807) is 48.5 Å². The Morgan fingerprint density at radius 2 is 0.975 bits per heavy atom. The monoisotopic (exact) mass is 1160 g/mol. The van der Waals surface area contributed by atoms with Crippen molar-refractivity contribution in [3.63, 3.8) is 0 Å². The van der Waals surface area contributed by atoms with Crippen LogP contribution in [0.15, 0.2) is 0 Å². The first-order valence-electron chi connectivity index (χ1n) is 27.2. The van der Waals surface area contributed by atoms with Crippen molar-refractivity contribution < 1.29 is 86.2 Å². The number of ether oxygens (including phenoxy) is 2. The largest absolute Gasteiger partial charge is 0.480 e. The predicted molar refractivity (Wildman–Crippen MR) is 292 cm³/mol. The molecule has 6 heterocycles. The number of aldehydes is 1. The van der Waals surface area contributed by atoms with Crippen LogP contribution in [-0.2, 0) is 43.0 Å². The lowest BCUT2D eigenvalue weighted by atomic mass is 9.83. The lowest BCUT2D eigenvalue weighted by Crippen LogP contribution is -2.77. The van der Waals surface area contributed by atoms with E-state index < -0.39 is 101 Å². The highest BCUT2D eigenvalue weighted by Crippen LogP contribution is 2.43. The van der Waals surface area contributed by atoms with Crippen LogP contribution in [0.25, 0.3) is 0 Å². The molecule has 0 aromatic rings. The molecular formula is C55H95F3N8O15. The number of carbonyl (C=O) groups is 9. The molecule has 7 amide bonds. The Bertz CT molecular complexity index is 2210. The van der Waals surface area contributed by atoms with E-state index in [1.807, 2.05) is 0 Å². The summed E-state index contributed by atoms with van der Waals surface area (Å²) in [5.74, 6) is -1.50. The molecule has 8 fully saturated rings. The summed E-state index contributed by atoms with van der Waals surface area (Å²) in [6, 6.07) is -2.99. The van der Waals surface area contributed by atoms with E-state index >= 15 is 0 Å². The third kappa shape index (κ3) is 16.7. The third-order valence-corrected chi connectivity index (χ3v) is 15.6. The molecule has 26 heteroatoms. The fourth-order valence-corrected chi connectivity index (χ4v) is 11.2. The highest BCUT2D eigenvalue weighted by atomic mass is 19.4. The Balaban J connectivity index is 0.000000391. The molecular weight excluding hydrogens is 1070 g/mol. The minimum absolute atomic E-state index is 0. The maximum Gasteiger partial charge on any atom is 0.446 e. The van der Waals surface area contributed by atoms with Crippen molar-refractivity contribution in [1.29, 1.82) is 0 Å². The highest BCUT2D eigenvalue weighted by molar-refractivity contribution is 6.01. The summed E-state index contributed by atoms with van der Waals surface area (Å²) >= 11 is 0. The predicted octanol–water partition coefficient (Wildman–Crippen LogP) is 3.97.